The minimum Gasteiger partial charge on any atom is -0.492 e. The summed E-state index contributed by atoms with van der Waals surface area (Å²) in [6.07, 6.45) is 0. The van der Waals surface area contributed by atoms with Crippen molar-refractivity contribution in [2.45, 2.75) is 25.5 Å². The van der Waals surface area contributed by atoms with Gasteiger partial charge in [-0.15, -0.1) is 0 Å². The summed E-state index contributed by atoms with van der Waals surface area (Å²) in [7, 11) is 0. The maximum Gasteiger partial charge on any atom is 0.131 e. The van der Waals surface area contributed by atoms with Crippen molar-refractivity contribution in [1.82, 2.24) is 0 Å². The Morgan fingerprint density at radius 2 is 2.11 bits per heavy atom. The molecule has 0 radical (unpaired) electrons. The van der Waals surface area contributed by atoms with E-state index < -0.39 is 0 Å². The molecule has 0 heterocycles. The number of thiocarbonyl (C=S) groups is 1. The minimum absolute atomic E-state index is 0.240. The Morgan fingerprint density at radius 1 is 1.44 bits per heavy atom. The van der Waals surface area contributed by atoms with Gasteiger partial charge in [0.1, 0.15) is 10.7 Å². The van der Waals surface area contributed by atoms with Crippen LogP contribution < -0.4 is 10.5 Å². The first-order valence-electron chi connectivity index (χ1n) is 5.66. The lowest BCUT2D eigenvalue weighted by atomic mass is 10.2. The Morgan fingerprint density at radius 3 is 2.67 bits per heavy atom. The maximum absolute atomic E-state index is 6.06. The largest absolute Gasteiger partial charge is 0.492 e. The Balaban J connectivity index is 2.63. The van der Waals surface area contributed by atoms with Crippen molar-refractivity contribution >= 4 is 40.6 Å². The molecule has 0 unspecified atom stereocenters. The Hall–Kier alpha value is -0.450. The van der Waals surface area contributed by atoms with Crippen LogP contribution in [0.5, 0.6) is 5.75 Å². The number of benzene rings is 1. The lowest BCUT2D eigenvalue weighted by Gasteiger charge is -2.18. The van der Waals surface area contributed by atoms with Gasteiger partial charge in [0.25, 0.3) is 0 Å². The van der Waals surface area contributed by atoms with E-state index in [0.717, 1.165) is 5.75 Å². The zero-order chi connectivity index (χ0) is 13.8. The van der Waals surface area contributed by atoms with E-state index in [1.807, 2.05) is 23.9 Å². The van der Waals surface area contributed by atoms with Crippen LogP contribution in [0.15, 0.2) is 18.2 Å². The van der Waals surface area contributed by atoms with Gasteiger partial charge in [0.05, 0.1) is 17.2 Å². The highest BCUT2D eigenvalue weighted by Gasteiger charge is 2.12. The van der Waals surface area contributed by atoms with E-state index in [-0.39, 0.29) is 9.74 Å². The van der Waals surface area contributed by atoms with E-state index in [1.165, 1.54) is 0 Å². The van der Waals surface area contributed by atoms with Crippen LogP contribution in [-0.4, -0.2) is 22.1 Å². The number of hydrogen-bond acceptors (Lipinski definition) is 3. The highest BCUT2D eigenvalue weighted by molar-refractivity contribution is 8.00. The van der Waals surface area contributed by atoms with E-state index >= 15 is 0 Å². The molecule has 1 aromatic carbocycles. The molecule has 100 valence electrons. The van der Waals surface area contributed by atoms with Crippen molar-refractivity contribution in [3.63, 3.8) is 0 Å². The van der Waals surface area contributed by atoms with Crippen molar-refractivity contribution in [3.8, 4) is 5.75 Å². The molecule has 0 aliphatic carbocycles. The fraction of sp³-hybridized carbons (Fsp3) is 0.462. The molecule has 0 atom stereocenters. The fourth-order valence-electron chi connectivity index (χ4n) is 1.36. The molecular weight excluding hydrogens is 286 g/mol. The minimum atomic E-state index is 0.240. The van der Waals surface area contributed by atoms with Crippen LogP contribution in [0.2, 0.25) is 5.02 Å². The average Bonchev–Trinajstić information content (AvgIpc) is 2.22. The molecule has 5 heteroatoms. The third-order valence-electron chi connectivity index (χ3n) is 2.10. The lowest BCUT2D eigenvalue weighted by Crippen LogP contribution is -2.15. The quantitative estimate of drug-likeness (QED) is 0.661. The first-order valence-corrected chi connectivity index (χ1v) is 7.43. The average molecular weight is 304 g/mol. The van der Waals surface area contributed by atoms with Crippen LogP contribution in [0.4, 0.5) is 0 Å². The molecule has 2 nitrogen and oxygen atoms in total. The number of halogens is 1. The molecule has 0 saturated carbocycles. The molecule has 0 saturated heterocycles. The van der Waals surface area contributed by atoms with Crippen molar-refractivity contribution < 1.29 is 4.74 Å². The van der Waals surface area contributed by atoms with Gasteiger partial charge in [0.2, 0.25) is 0 Å². The van der Waals surface area contributed by atoms with Crippen LogP contribution in [0.3, 0.4) is 0 Å². The van der Waals surface area contributed by atoms with E-state index in [2.05, 4.69) is 20.8 Å². The molecule has 0 aromatic heterocycles. The van der Waals surface area contributed by atoms with Crippen LogP contribution in [0, 0.1) is 0 Å². The molecule has 18 heavy (non-hydrogen) atoms. The molecule has 2 N–H and O–H groups in total. The van der Waals surface area contributed by atoms with Gasteiger partial charge in [-0.3, -0.25) is 0 Å². The summed E-state index contributed by atoms with van der Waals surface area (Å²) in [6.45, 7) is 7.14. The zero-order valence-corrected chi connectivity index (χ0v) is 13.2. The fourth-order valence-corrected chi connectivity index (χ4v) is 2.68. The normalized spacial score (nSPS) is 11.3. The van der Waals surface area contributed by atoms with Gasteiger partial charge in [0.15, 0.2) is 0 Å². The summed E-state index contributed by atoms with van der Waals surface area (Å²) in [6, 6.07) is 5.42. The summed E-state index contributed by atoms with van der Waals surface area (Å²) in [5.41, 5.74) is 6.27. The molecule has 1 rings (SSSR count). The van der Waals surface area contributed by atoms with Gasteiger partial charge >= 0.3 is 0 Å². The predicted octanol–water partition coefficient (Wildman–Crippen LogP) is 3.88. The van der Waals surface area contributed by atoms with Crippen molar-refractivity contribution in [2.24, 2.45) is 5.73 Å². The van der Waals surface area contributed by atoms with Gasteiger partial charge in [-0.2, -0.15) is 11.8 Å². The first-order chi connectivity index (χ1) is 8.31. The monoisotopic (exact) mass is 303 g/mol. The summed E-state index contributed by atoms with van der Waals surface area (Å²) < 4.78 is 5.94. The number of nitrogens with two attached hydrogens (primary N) is 1. The second-order valence-electron chi connectivity index (χ2n) is 4.79. The molecular formula is C13H18ClNOS2. The molecule has 1 aromatic rings. The molecule has 0 spiro atoms. The van der Waals surface area contributed by atoms with Crippen LogP contribution in [0.25, 0.3) is 0 Å². The highest BCUT2D eigenvalue weighted by Crippen LogP contribution is 2.27. The number of hydrogen-bond donors (Lipinski definition) is 1. The predicted molar refractivity (Wildman–Crippen MR) is 85.0 cm³/mol. The molecule has 0 bridgehead atoms. The number of ether oxygens (including phenoxy) is 1. The third kappa shape index (κ3) is 5.04. The second-order valence-corrected chi connectivity index (χ2v) is 7.56. The first kappa shape index (κ1) is 15.6. The summed E-state index contributed by atoms with van der Waals surface area (Å²) in [4.78, 5) is 0.263. The SMILES string of the molecule is CC(C)(C)SCCOc1cccc(Cl)c1C(N)=S. The molecule has 0 amide bonds. The smallest absolute Gasteiger partial charge is 0.131 e. The van der Waals surface area contributed by atoms with Crippen LogP contribution >= 0.6 is 35.6 Å². The number of rotatable bonds is 5. The lowest BCUT2D eigenvalue weighted by molar-refractivity contribution is 0.343. The Labute approximate surface area is 123 Å². The molecule has 0 fully saturated rings. The highest BCUT2D eigenvalue weighted by atomic mass is 35.5. The summed E-state index contributed by atoms with van der Waals surface area (Å²) in [5.74, 6) is 1.57. The Kier molecular flexibility index (Phi) is 5.76. The summed E-state index contributed by atoms with van der Waals surface area (Å²) >= 11 is 12.9. The second kappa shape index (κ2) is 6.64. The van der Waals surface area contributed by atoms with Gasteiger partial charge in [-0.1, -0.05) is 50.7 Å². The van der Waals surface area contributed by atoms with E-state index in [4.69, 9.17) is 34.3 Å². The van der Waals surface area contributed by atoms with E-state index in [9.17, 15) is 0 Å². The van der Waals surface area contributed by atoms with Crippen molar-refractivity contribution in [1.29, 1.82) is 0 Å². The standard InChI is InChI=1S/C13H18ClNOS2/c1-13(2,3)18-8-7-16-10-6-4-5-9(14)11(10)12(15)17/h4-6H,7-8H2,1-3H3,(H2,15,17). The van der Waals surface area contributed by atoms with Crippen LogP contribution in [0.1, 0.15) is 26.3 Å². The number of thioether (sulfide) groups is 1. The summed E-state index contributed by atoms with van der Waals surface area (Å²) in [5, 5.41) is 0.531. The topological polar surface area (TPSA) is 35.2 Å². The maximum atomic E-state index is 6.06. The van der Waals surface area contributed by atoms with Gasteiger partial charge < -0.3 is 10.5 Å². The van der Waals surface area contributed by atoms with Crippen molar-refractivity contribution in [2.75, 3.05) is 12.4 Å². The molecule has 0 aliphatic rings. The van der Waals surface area contributed by atoms with Gasteiger partial charge in [-0.05, 0) is 12.1 Å². The van der Waals surface area contributed by atoms with Gasteiger partial charge in [0, 0.05) is 10.5 Å². The molecule has 0 aliphatic heterocycles. The van der Waals surface area contributed by atoms with E-state index in [0.29, 0.717) is 22.9 Å². The van der Waals surface area contributed by atoms with E-state index in [1.54, 1.807) is 6.07 Å². The Bertz CT molecular complexity index is 429. The zero-order valence-electron chi connectivity index (χ0n) is 10.8. The third-order valence-corrected chi connectivity index (χ3v) is 3.85. The van der Waals surface area contributed by atoms with Crippen molar-refractivity contribution in [3.05, 3.63) is 28.8 Å². The van der Waals surface area contributed by atoms with Crippen LogP contribution in [-0.2, 0) is 0 Å². The van der Waals surface area contributed by atoms with Gasteiger partial charge in [-0.25, -0.2) is 0 Å².